The van der Waals surface area contributed by atoms with Crippen molar-refractivity contribution < 1.29 is 4.79 Å². The molecule has 0 saturated carbocycles. The number of hydrogen-bond acceptors (Lipinski definition) is 1. The second-order valence-corrected chi connectivity index (χ2v) is 7.39. The van der Waals surface area contributed by atoms with E-state index in [9.17, 15) is 4.79 Å². The van der Waals surface area contributed by atoms with Gasteiger partial charge in [0.05, 0.1) is 5.69 Å². The molecule has 0 unspecified atom stereocenters. The summed E-state index contributed by atoms with van der Waals surface area (Å²) in [6.45, 7) is 3.68. The van der Waals surface area contributed by atoms with Gasteiger partial charge in [0.2, 0.25) is 0 Å². The maximum Gasteiger partial charge on any atom is 0.159 e. The summed E-state index contributed by atoms with van der Waals surface area (Å²) in [7, 11) is 0. The van der Waals surface area contributed by atoms with Crippen molar-refractivity contribution in [2.24, 2.45) is 0 Å². The Kier molecular flexibility index (Phi) is 4.25. The molecule has 3 aromatic carbocycles. The number of carbonyl (C=O) groups is 1. The maximum absolute atomic E-state index is 11.6. The van der Waals surface area contributed by atoms with Crippen molar-refractivity contribution in [2.45, 2.75) is 13.8 Å². The number of halogens is 1. The molecule has 3 heteroatoms. The van der Waals surface area contributed by atoms with Gasteiger partial charge in [-0.15, -0.1) is 0 Å². The fourth-order valence-corrected chi connectivity index (χ4v) is 4.03. The summed E-state index contributed by atoms with van der Waals surface area (Å²) in [5, 5.41) is 1.17. The maximum atomic E-state index is 11.6. The molecule has 0 saturated heterocycles. The summed E-state index contributed by atoms with van der Waals surface area (Å²) in [4.78, 5) is 15.2. The van der Waals surface area contributed by atoms with Crippen LogP contribution in [-0.4, -0.2) is 10.8 Å². The molecule has 4 rings (SSSR count). The molecule has 128 valence electrons. The van der Waals surface area contributed by atoms with E-state index < -0.39 is 0 Å². The molecule has 0 aliphatic carbocycles. The van der Waals surface area contributed by atoms with Crippen LogP contribution in [0.25, 0.3) is 33.3 Å². The Balaban J connectivity index is 1.99. The van der Waals surface area contributed by atoms with E-state index in [2.05, 4.69) is 64.2 Å². The minimum absolute atomic E-state index is 0.0805. The minimum Gasteiger partial charge on any atom is -0.354 e. The number of para-hydroxylation sites is 1. The molecule has 0 radical (unpaired) electrons. The number of hydrogen-bond donors (Lipinski definition) is 1. The van der Waals surface area contributed by atoms with E-state index in [1.165, 1.54) is 10.9 Å². The zero-order chi connectivity index (χ0) is 18.3. The zero-order valence-corrected chi connectivity index (χ0v) is 16.2. The Bertz CT molecular complexity index is 1120. The first kappa shape index (κ1) is 16.8. The molecular formula is C23H18BrNO. The second-order valence-electron chi connectivity index (χ2n) is 6.54. The monoisotopic (exact) mass is 403 g/mol. The molecule has 1 aromatic heterocycles. The fraction of sp³-hybridized carbons (Fsp3) is 0.0870. The van der Waals surface area contributed by atoms with Crippen molar-refractivity contribution in [1.82, 2.24) is 4.98 Å². The number of rotatable bonds is 3. The molecule has 0 amide bonds. The van der Waals surface area contributed by atoms with Gasteiger partial charge in [-0.3, -0.25) is 4.79 Å². The molecule has 0 bridgehead atoms. The Hall–Kier alpha value is -2.65. The largest absolute Gasteiger partial charge is 0.354 e. The van der Waals surface area contributed by atoms with Crippen molar-refractivity contribution >= 4 is 32.6 Å². The van der Waals surface area contributed by atoms with Crippen molar-refractivity contribution in [3.05, 3.63) is 82.3 Å². The number of benzene rings is 3. The quantitative estimate of drug-likeness (QED) is 0.375. The molecule has 2 nitrogen and oxygen atoms in total. The Morgan fingerprint density at radius 1 is 0.962 bits per heavy atom. The van der Waals surface area contributed by atoms with Gasteiger partial charge in [0.25, 0.3) is 0 Å². The van der Waals surface area contributed by atoms with E-state index in [1.54, 1.807) is 6.92 Å². The summed E-state index contributed by atoms with van der Waals surface area (Å²) in [5.74, 6) is 0.0805. The Labute approximate surface area is 161 Å². The molecular weight excluding hydrogens is 386 g/mol. The van der Waals surface area contributed by atoms with Crippen LogP contribution in [-0.2, 0) is 0 Å². The van der Waals surface area contributed by atoms with E-state index in [0.717, 1.165) is 37.9 Å². The van der Waals surface area contributed by atoms with Crippen LogP contribution in [0.4, 0.5) is 0 Å². The number of Topliss-reactive ketones (excluding diaryl/α,β-unsaturated/α-hetero) is 1. The Morgan fingerprint density at radius 3 is 2.38 bits per heavy atom. The summed E-state index contributed by atoms with van der Waals surface area (Å²) in [5.41, 5.74) is 7.48. The van der Waals surface area contributed by atoms with Crippen molar-refractivity contribution in [3.63, 3.8) is 0 Å². The highest BCUT2D eigenvalue weighted by atomic mass is 79.9. The standard InChI is InChI=1S/C23H18BrNO/c1-14-7-12-18(20(24)13-14)23-22(19-5-3-4-6-21(19)25-23)17-10-8-16(9-11-17)15(2)26/h3-13,25H,1-2H3. The average molecular weight is 404 g/mol. The molecule has 4 aromatic rings. The van der Waals surface area contributed by atoms with Crippen LogP contribution in [0.1, 0.15) is 22.8 Å². The van der Waals surface area contributed by atoms with E-state index in [0.29, 0.717) is 0 Å². The van der Waals surface area contributed by atoms with E-state index in [4.69, 9.17) is 0 Å². The topological polar surface area (TPSA) is 32.9 Å². The number of nitrogens with one attached hydrogen (secondary N) is 1. The normalized spacial score (nSPS) is 11.0. The van der Waals surface area contributed by atoms with Gasteiger partial charge in [0.1, 0.15) is 0 Å². The van der Waals surface area contributed by atoms with Crippen LogP contribution in [0, 0.1) is 6.92 Å². The smallest absolute Gasteiger partial charge is 0.159 e. The first-order chi connectivity index (χ1) is 12.5. The SMILES string of the molecule is CC(=O)c1ccc(-c2c(-c3ccc(C)cc3Br)[nH]c3ccccc23)cc1. The van der Waals surface area contributed by atoms with Crippen LogP contribution in [0.15, 0.2) is 71.2 Å². The highest BCUT2D eigenvalue weighted by Gasteiger charge is 2.17. The van der Waals surface area contributed by atoms with E-state index >= 15 is 0 Å². The van der Waals surface area contributed by atoms with Crippen LogP contribution in [0.3, 0.4) is 0 Å². The van der Waals surface area contributed by atoms with Gasteiger partial charge < -0.3 is 4.98 Å². The summed E-state index contributed by atoms with van der Waals surface area (Å²) in [6.07, 6.45) is 0. The molecule has 0 fully saturated rings. The van der Waals surface area contributed by atoms with Crippen molar-refractivity contribution in [3.8, 4) is 22.4 Å². The van der Waals surface area contributed by atoms with Crippen molar-refractivity contribution in [1.29, 1.82) is 0 Å². The van der Waals surface area contributed by atoms with Crippen LogP contribution < -0.4 is 0 Å². The lowest BCUT2D eigenvalue weighted by Crippen LogP contribution is -1.91. The molecule has 0 aliphatic rings. The van der Waals surface area contributed by atoms with Crippen LogP contribution in [0.2, 0.25) is 0 Å². The first-order valence-corrected chi connectivity index (χ1v) is 9.32. The average Bonchev–Trinajstić information content (AvgIpc) is 3.01. The molecule has 26 heavy (non-hydrogen) atoms. The Morgan fingerprint density at radius 2 is 1.69 bits per heavy atom. The van der Waals surface area contributed by atoms with Crippen molar-refractivity contribution in [2.75, 3.05) is 0 Å². The number of H-pyrrole nitrogens is 1. The lowest BCUT2D eigenvalue weighted by Gasteiger charge is -2.09. The van der Waals surface area contributed by atoms with Gasteiger partial charge in [0, 0.05) is 32.1 Å². The molecule has 1 N–H and O–H groups in total. The van der Waals surface area contributed by atoms with E-state index in [-0.39, 0.29) is 5.78 Å². The minimum atomic E-state index is 0.0805. The molecule has 0 aliphatic heterocycles. The number of ketones is 1. The third-order valence-electron chi connectivity index (χ3n) is 4.68. The predicted octanol–water partition coefficient (Wildman–Crippen LogP) is 6.78. The fourth-order valence-electron chi connectivity index (χ4n) is 3.34. The summed E-state index contributed by atoms with van der Waals surface area (Å²) in [6, 6.07) is 22.5. The van der Waals surface area contributed by atoms with Gasteiger partial charge in [-0.2, -0.15) is 0 Å². The van der Waals surface area contributed by atoms with Crippen LogP contribution in [0.5, 0.6) is 0 Å². The molecule has 0 spiro atoms. The number of carbonyl (C=O) groups excluding carboxylic acids is 1. The summed E-state index contributed by atoms with van der Waals surface area (Å²) < 4.78 is 1.06. The number of fused-ring (bicyclic) bond motifs is 1. The highest BCUT2D eigenvalue weighted by molar-refractivity contribution is 9.10. The first-order valence-electron chi connectivity index (χ1n) is 8.53. The van der Waals surface area contributed by atoms with E-state index in [1.807, 2.05) is 30.3 Å². The number of aromatic nitrogens is 1. The molecule has 0 atom stereocenters. The third-order valence-corrected chi connectivity index (χ3v) is 5.34. The van der Waals surface area contributed by atoms with Gasteiger partial charge in [0.15, 0.2) is 5.78 Å². The predicted molar refractivity (Wildman–Crippen MR) is 112 cm³/mol. The van der Waals surface area contributed by atoms with Gasteiger partial charge in [-0.05, 0) is 37.1 Å². The van der Waals surface area contributed by atoms with Gasteiger partial charge >= 0.3 is 0 Å². The number of aromatic amines is 1. The van der Waals surface area contributed by atoms with Gasteiger partial charge in [-0.1, -0.05) is 70.5 Å². The number of aryl methyl sites for hydroxylation is 1. The zero-order valence-electron chi connectivity index (χ0n) is 14.6. The lowest BCUT2D eigenvalue weighted by molar-refractivity contribution is 0.101. The third kappa shape index (κ3) is 2.89. The molecule has 1 heterocycles. The lowest BCUT2D eigenvalue weighted by atomic mass is 9.96. The van der Waals surface area contributed by atoms with Crippen LogP contribution >= 0.6 is 15.9 Å². The summed E-state index contributed by atoms with van der Waals surface area (Å²) >= 11 is 3.71. The second kappa shape index (κ2) is 6.58. The van der Waals surface area contributed by atoms with Gasteiger partial charge in [-0.25, -0.2) is 0 Å². The highest BCUT2D eigenvalue weighted by Crippen LogP contribution is 2.40.